The maximum absolute atomic E-state index is 12.8. The summed E-state index contributed by atoms with van der Waals surface area (Å²) < 4.78 is 18.1. The van der Waals surface area contributed by atoms with Crippen molar-refractivity contribution >= 4 is 11.6 Å². The van der Waals surface area contributed by atoms with Gasteiger partial charge in [-0.1, -0.05) is 11.6 Å². The van der Waals surface area contributed by atoms with Gasteiger partial charge >= 0.3 is 0 Å². The third-order valence-corrected chi connectivity index (χ3v) is 6.95. The van der Waals surface area contributed by atoms with E-state index in [0.29, 0.717) is 12.2 Å². The van der Waals surface area contributed by atoms with Crippen LogP contribution >= 0.6 is 0 Å². The number of non-ortho nitro benzene ring substituents is 1. The van der Waals surface area contributed by atoms with Crippen molar-refractivity contribution in [3.63, 3.8) is 0 Å². The number of nitro benzene ring substituents is 1. The van der Waals surface area contributed by atoms with E-state index >= 15 is 0 Å². The summed E-state index contributed by atoms with van der Waals surface area (Å²) in [5.41, 5.74) is 0.993. The Morgan fingerprint density at radius 3 is 2.58 bits per heavy atom. The lowest BCUT2D eigenvalue weighted by Crippen LogP contribution is -2.59. The van der Waals surface area contributed by atoms with Gasteiger partial charge in [-0.15, -0.1) is 0 Å². The van der Waals surface area contributed by atoms with Gasteiger partial charge in [-0.2, -0.15) is 0 Å². The normalized spacial score (nSPS) is 36.0. The molecule has 1 spiro atoms. The minimum atomic E-state index is -0.481. The molecule has 3 fully saturated rings. The number of hydrogen-bond donors (Lipinski definition) is 1. The van der Waals surface area contributed by atoms with Gasteiger partial charge in [0.05, 0.1) is 35.4 Å². The van der Waals surface area contributed by atoms with Crippen LogP contribution in [0.4, 0.5) is 5.69 Å². The minimum absolute atomic E-state index is 0.0106. The number of nitrogens with one attached hydrogen (secondary N) is 1. The first-order chi connectivity index (χ1) is 14.7. The summed E-state index contributed by atoms with van der Waals surface area (Å²) in [4.78, 5) is 23.2. The predicted molar refractivity (Wildman–Crippen MR) is 114 cm³/mol. The fourth-order valence-corrected chi connectivity index (χ4v) is 5.13. The van der Waals surface area contributed by atoms with Crippen molar-refractivity contribution in [2.75, 3.05) is 13.7 Å². The van der Waals surface area contributed by atoms with E-state index in [1.165, 1.54) is 29.8 Å². The fraction of sp³-hybridized carbons (Fsp3) is 0.609. The largest absolute Gasteiger partial charge is 0.379 e. The molecule has 1 N–H and O–H groups in total. The van der Waals surface area contributed by atoms with E-state index in [-0.39, 0.29) is 47.0 Å². The zero-order chi connectivity index (χ0) is 22.4. The van der Waals surface area contributed by atoms with Crippen LogP contribution in [0.2, 0.25) is 0 Å². The average molecular weight is 431 g/mol. The third kappa shape index (κ3) is 4.12. The first-order valence-corrected chi connectivity index (χ1v) is 10.7. The molecule has 2 heterocycles. The average Bonchev–Trinajstić information content (AvgIpc) is 3.65. The zero-order valence-electron chi connectivity index (χ0n) is 18.4. The van der Waals surface area contributed by atoms with Crippen LogP contribution in [0, 0.1) is 16.0 Å². The molecule has 1 aliphatic carbocycles. The van der Waals surface area contributed by atoms with Crippen LogP contribution in [0.1, 0.15) is 50.4 Å². The van der Waals surface area contributed by atoms with Gasteiger partial charge in [-0.25, -0.2) is 0 Å². The Kier molecular flexibility index (Phi) is 5.66. The number of rotatable bonds is 7. The van der Waals surface area contributed by atoms with Gasteiger partial charge in [-0.3, -0.25) is 14.9 Å². The Hall–Kier alpha value is -2.29. The van der Waals surface area contributed by atoms with E-state index in [0.717, 1.165) is 19.3 Å². The number of carbonyl (C=O) groups excluding carboxylic acids is 1. The Balaban J connectivity index is 1.50. The van der Waals surface area contributed by atoms with Crippen molar-refractivity contribution < 1.29 is 23.9 Å². The van der Waals surface area contributed by atoms with Gasteiger partial charge < -0.3 is 19.5 Å². The fourth-order valence-electron chi connectivity index (χ4n) is 5.13. The molecular weight excluding hydrogens is 400 g/mol. The van der Waals surface area contributed by atoms with Crippen molar-refractivity contribution in [2.45, 2.75) is 69.5 Å². The SMILES string of the molecule is CO[C@@H]1[C@H](NC(=O)c2ccc([N+](=O)[O-])cc2)CC[C@]2(CO2)[C@H]1[C@]1(C)O[C@@H]1CC=C(C)C. The number of epoxide rings is 2. The van der Waals surface area contributed by atoms with Crippen LogP contribution in [-0.4, -0.2) is 54.0 Å². The van der Waals surface area contributed by atoms with Gasteiger partial charge in [0.1, 0.15) is 5.60 Å². The molecule has 1 aromatic rings. The monoisotopic (exact) mass is 430 g/mol. The van der Waals surface area contributed by atoms with Gasteiger partial charge in [0, 0.05) is 30.7 Å². The van der Waals surface area contributed by atoms with Crippen LogP contribution in [0.15, 0.2) is 35.9 Å². The summed E-state index contributed by atoms with van der Waals surface area (Å²) in [6, 6.07) is 5.43. The van der Waals surface area contributed by atoms with Crippen LogP contribution < -0.4 is 5.32 Å². The lowest BCUT2D eigenvalue weighted by Gasteiger charge is -2.43. The summed E-state index contributed by atoms with van der Waals surface area (Å²) in [7, 11) is 1.67. The van der Waals surface area contributed by atoms with Crippen LogP contribution in [-0.2, 0) is 14.2 Å². The molecule has 6 atom stereocenters. The molecule has 1 saturated carbocycles. The highest BCUT2D eigenvalue weighted by Gasteiger charge is 2.71. The quantitative estimate of drug-likeness (QED) is 0.308. The molecule has 1 aromatic carbocycles. The van der Waals surface area contributed by atoms with Gasteiger partial charge in [0.2, 0.25) is 0 Å². The van der Waals surface area contributed by atoms with E-state index in [9.17, 15) is 14.9 Å². The second-order valence-electron chi connectivity index (χ2n) is 9.26. The second-order valence-corrected chi connectivity index (χ2v) is 9.26. The van der Waals surface area contributed by atoms with E-state index < -0.39 is 4.92 Å². The lowest BCUT2D eigenvalue weighted by atomic mass is 9.67. The standard InChI is InChI=1S/C23H30N2O6/c1-14(2)5-10-18-22(3,31-18)20-19(29-4)17(11-12-23(20)13-30-23)24-21(26)15-6-8-16(9-7-15)25(27)28/h5-9,17-20H,10-13H2,1-4H3,(H,24,26)/t17-,18-,19-,20-,22-,23+/m1/s1. The Labute approximate surface area is 182 Å². The number of methoxy groups -OCH3 is 1. The molecule has 0 radical (unpaired) electrons. The van der Waals surface area contributed by atoms with Crippen LogP contribution in [0.25, 0.3) is 0 Å². The predicted octanol–water partition coefficient (Wildman–Crippen LogP) is 3.40. The number of nitro groups is 1. The summed E-state index contributed by atoms with van der Waals surface area (Å²) in [6.45, 7) is 6.97. The molecule has 4 rings (SSSR count). The smallest absolute Gasteiger partial charge is 0.269 e. The van der Waals surface area contributed by atoms with E-state index in [2.05, 4.69) is 32.2 Å². The molecule has 0 unspecified atom stereocenters. The number of carbonyl (C=O) groups is 1. The zero-order valence-corrected chi connectivity index (χ0v) is 18.4. The molecule has 0 bridgehead atoms. The van der Waals surface area contributed by atoms with Crippen LogP contribution in [0.5, 0.6) is 0 Å². The van der Waals surface area contributed by atoms with E-state index in [1.54, 1.807) is 7.11 Å². The summed E-state index contributed by atoms with van der Waals surface area (Å²) >= 11 is 0. The molecule has 1 amide bonds. The molecular formula is C23H30N2O6. The highest BCUT2D eigenvalue weighted by molar-refractivity contribution is 5.94. The molecule has 2 aliphatic heterocycles. The molecule has 2 saturated heterocycles. The Morgan fingerprint density at radius 1 is 1.35 bits per heavy atom. The molecule has 8 nitrogen and oxygen atoms in total. The molecule has 168 valence electrons. The maximum Gasteiger partial charge on any atom is 0.269 e. The number of benzene rings is 1. The first kappa shape index (κ1) is 21.9. The Bertz CT molecular complexity index is 890. The number of amides is 1. The molecule has 3 aliphatic rings. The van der Waals surface area contributed by atoms with Gasteiger partial charge in [-0.05, 0) is 52.2 Å². The van der Waals surface area contributed by atoms with E-state index in [4.69, 9.17) is 14.2 Å². The topological polar surface area (TPSA) is 107 Å². The molecule has 8 heteroatoms. The number of nitrogens with zero attached hydrogens (tertiary/aromatic N) is 1. The summed E-state index contributed by atoms with van der Waals surface area (Å²) in [5, 5.41) is 13.9. The molecule has 0 aromatic heterocycles. The van der Waals surface area contributed by atoms with Crippen molar-refractivity contribution in [2.24, 2.45) is 5.92 Å². The number of hydrogen-bond acceptors (Lipinski definition) is 6. The number of ether oxygens (including phenoxy) is 3. The second kappa shape index (κ2) is 8.00. The Morgan fingerprint density at radius 2 is 2.03 bits per heavy atom. The van der Waals surface area contributed by atoms with Crippen molar-refractivity contribution in [3.8, 4) is 0 Å². The van der Waals surface area contributed by atoms with Gasteiger partial charge in [0.25, 0.3) is 11.6 Å². The number of allylic oxidation sites excluding steroid dienone is 1. The summed E-state index contributed by atoms with van der Waals surface area (Å²) in [5.74, 6) is -0.257. The minimum Gasteiger partial charge on any atom is -0.379 e. The van der Waals surface area contributed by atoms with Crippen molar-refractivity contribution in [3.05, 3.63) is 51.6 Å². The van der Waals surface area contributed by atoms with Gasteiger partial charge in [0.15, 0.2) is 0 Å². The molecule has 31 heavy (non-hydrogen) atoms. The summed E-state index contributed by atoms with van der Waals surface area (Å²) in [6.07, 6.45) is 4.46. The lowest BCUT2D eigenvalue weighted by molar-refractivity contribution is -0.384. The highest BCUT2D eigenvalue weighted by atomic mass is 16.6. The first-order valence-electron chi connectivity index (χ1n) is 10.7. The van der Waals surface area contributed by atoms with Crippen molar-refractivity contribution in [1.29, 1.82) is 0 Å². The maximum atomic E-state index is 12.8. The highest BCUT2D eigenvalue weighted by Crippen LogP contribution is 2.59. The van der Waals surface area contributed by atoms with E-state index in [1.807, 2.05) is 0 Å². The van der Waals surface area contributed by atoms with Crippen molar-refractivity contribution in [1.82, 2.24) is 5.32 Å². The van der Waals surface area contributed by atoms with Crippen LogP contribution in [0.3, 0.4) is 0 Å². The third-order valence-electron chi connectivity index (χ3n) is 6.95.